The summed E-state index contributed by atoms with van der Waals surface area (Å²) in [6.07, 6.45) is 8.26. The maximum atomic E-state index is 11.3. The van der Waals surface area contributed by atoms with Gasteiger partial charge < -0.3 is 4.74 Å². The standard InChI is InChI=1S/C12H22O2/c1-4-6-7-8-10-11(9-5-2)12(13)14-3/h5,11H,2,4,6-10H2,1,3H3. The van der Waals surface area contributed by atoms with Gasteiger partial charge in [-0.15, -0.1) is 6.58 Å². The summed E-state index contributed by atoms with van der Waals surface area (Å²) in [5, 5.41) is 0. The molecule has 14 heavy (non-hydrogen) atoms. The summed E-state index contributed by atoms with van der Waals surface area (Å²) in [4.78, 5) is 11.3. The quantitative estimate of drug-likeness (QED) is 0.340. The molecule has 0 aromatic carbocycles. The molecule has 0 aromatic rings. The second kappa shape index (κ2) is 8.79. The fraction of sp³-hybridized carbons (Fsp3) is 0.750. The SMILES string of the molecule is C=CCC(CCCCCC)C(=O)OC. The summed E-state index contributed by atoms with van der Waals surface area (Å²) in [6.45, 7) is 5.84. The third kappa shape index (κ3) is 5.79. The van der Waals surface area contributed by atoms with Gasteiger partial charge in [-0.05, 0) is 12.8 Å². The van der Waals surface area contributed by atoms with Crippen LogP contribution in [0.15, 0.2) is 12.7 Å². The average Bonchev–Trinajstić information content (AvgIpc) is 2.21. The fourth-order valence-electron chi connectivity index (χ4n) is 1.52. The molecule has 1 unspecified atom stereocenters. The topological polar surface area (TPSA) is 26.3 Å². The van der Waals surface area contributed by atoms with Crippen LogP contribution >= 0.6 is 0 Å². The van der Waals surface area contributed by atoms with Crippen LogP contribution in [-0.4, -0.2) is 13.1 Å². The largest absolute Gasteiger partial charge is 0.469 e. The second-order valence-electron chi connectivity index (χ2n) is 3.59. The van der Waals surface area contributed by atoms with E-state index in [1.165, 1.54) is 26.4 Å². The van der Waals surface area contributed by atoms with E-state index in [0.717, 1.165) is 19.3 Å². The second-order valence-corrected chi connectivity index (χ2v) is 3.59. The first-order valence-corrected chi connectivity index (χ1v) is 5.45. The molecule has 0 rings (SSSR count). The van der Waals surface area contributed by atoms with E-state index >= 15 is 0 Å². The highest BCUT2D eigenvalue weighted by atomic mass is 16.5. The monoisotopic (exact) mass is 198 g/mol. The van der Waals surface area contributed by atoms with Crippen molar-refractivity contribution in [3.63, 3.8) is 0 Å². The Labute approximate surface area is 87.3 Å². The lowest BCUT2D eigenvalue weighted by Crippen LogP contribution is -2.15. The Bertz CT molecular complexity index is 164. The van der Waals surface area contributed by atoms with Crippen molar-refractivity contribution < 1.29 is 9.53 Å². The number of hydrogen-bond donors (Lipinski definition) is 0. The number of allylic oxidation sites excluding steroid dienone is 1. The minimum absolute atomic E-state index is 0.0226. The van der Waals surface area contributed by atoms with Gasteiger partial charge in [-0.3, -0.25) is 4.79 Å². The van der Waals surface area contributed by atoms with Crippen molar-refractivity contribution in [1.29, 1.82) is 0 Å². The molecule has 0 N–H and O–H groups in total. The zero-order valence-corrected chi connectivity index (χ0v) is 9.42. The molecular weight excluding hydrogens is 176 g/mol. The summed E-state index contributed by atoms with van der Waals surface area (Å²) >= 11 is 0. The first kappa shape index (κ1) is 13.2. The molecule has 2 nitrogen and oxygen atoms in total. The van der Waals surface area contributed by atoms with E-state index in [-0.39, 0.29) is 11.9 Å². The molecule has 0 aliphatic carbocycles. The summed E-state index contributed by atoms with van der Waals surface area (Å²) < 4.78 is 4.74. The van der Waals surface area contributed by atoms with Gasteiger partial charge in [0.15, 0.2) is 0 Å². The average molecular weight is 198 g/mol. The number of hydrogen-bond acceptors (Lipinski definition) is 2. The molecule has 0 aliphatic heterocycles. The van der Waals surface area contributed by atoms with Crippen molar-refractivity contribution in [2.24, 2.45) is 5.92 Å². The highest BCUT2D eigenvalue weighted by molar-refractivity contribution is 5.72. The molecule has 0 bridgehead atoms. The Kier molecular flexibility index (Phi) is 8.30. The normalized spacial score (nSPS) is 12.1. The molecule has 0 fully saturated rings. The maximum Gasteiger partial charge on any atom is 0.308 e. The van der Waals surface area contributed by atoms with E-state index in [9.17, 15) is 4.79 Å². The molecule has 0 saturated heterocycles. The van der Waals surface area contributed by atoms with E-state index in [0.29, 0.717) is 0 Å². The summed E-state index contributed by atoms with van der Waals surface area (Å²) in [6, 6.07) is 0. The van der Waals surface area contributed by atoms with Gasteiger partial charge in [-0.25, -0.2) is 0 Å². The van der Waals surface area contributed by atoms with Crippen molar-refractivity contribution in [3.05, 3.63) is 12.7 Å². The van der Waals surface area contributed by atoms with E-state index in [1.54, 1.807) is 6.08 Å². The Balaban J connectivity index is 3.72. The predicted molar refractivity (Wildman–Crippen MR) is 59.1 cm³/mol. The molecular formula is C12H22O2. The van der Waals surface area contributed by atoms with Crippen LogP contribution in [0.5, 0.6) is 0 Å². The van der Waals surface area contributed by atoms with E-state index in [2.05, 4.69) is 13.5 Å². The zero-order chi connectivity index (χ0) is 10.8. The van der Waals surface area contributed by atoms with Crippen LogP contribution in [-0.2, 0) is 9.53 Å². The minimum atomic E-state index is -0.0959. The van der Waals surface area contributed by atoms with Gasteiger partial charge in [0, 0.05) is 0 Å². The number of ether oxygens (including phenoxy) is 1. The van der Waals surface area contributed by atoms with Crippen molar-refractivity contribution >= 4 is 5.97 Å². The molecule has 0 aliphatic rings. The third-order valence-electron chi connectivity index (χ3n) is 2.39. The Hall–Kier alpha value is -0.790. The summed E-state index contributed by atoms with van der Waals surface area (Å²) in [5.41, 5.74) is 0. The van der Waals surface area contributed by atoms with Crippen LogP contribution in [0.3, 0.4) is 0 Å². The smallest absolute Gasteiger partial charge is 0.308 e. The lowest BCUT2D eigenvalue weighted by molar-refractivity contribution is -0.145. The molecule has 2 heteroatoms. The van der Waals surface area contributed by atoms with Crippen molar-refractivity contribution in [3.8, 4) is 0 Å². The number of unbranched alkanes of at least 4 members (excludes halogenated alkanes) is 3. The van der Waals surface area contributed by atoms with Gasteiger partial charge >= 0.3 is 5.97 Å². The number of esters is 1. The molecule has 1 atom stereocenters. The van der Waals surface area contributed by atoms with E-state index < -0.39 is 0 Å². The molecule has 0 aromatic heterocycles. The van der Waals surface area contributed by atoms with Gasteiger partial charge in [-0.1, -0.05) is 38.7 Å². The highest BCUT2D eigenvalue weighted by Crippen LogP contribution is 2.16. The Morgan fingerprint density at radius 3 is 2.64 bits per heavy atom. The molecule has 0 radical (unpaired) electrons. The van der Waals surface area contributed by atoms with Crippen LogP contribution < -0.4 is 0 Å². The van der Waals surface area contributed by atoms with E-state index in [1.807, 2.05) is 0 Å². The van der Waals surface area contributed by atoms with Gasteiger partial charge in [-0.2, -0.15) is 0 Å². The Morgan fingerprint density at radius 1 is 1.43 bits per heavy atom. The van der Waals surface area contributed by atoms with Gasteiger partial charge in [0.1, 0.15) is 0 Å². The van der Waals surface area contributed by atoms with Crippen LogP contribution in [0.25, 0.3) is 0 Å². The highest BCUT2D eigenvalue weighted by Gasteiger charge is 2.16. The molecule has 0 amide bonds. The van der Waals surface area contributed by atoms with Crippen molar-refractivity contribution in [2.45, 2.75) is 45.4 Å². The van der Waals surface area contributed by atoms with Crippen LogP contribution in [0.1, 0.15) is 45.4 Å². The van der Waals surface area contributed by atoms with Crippen molar-refractivity contribution in [2.75, 3.05) is 7.11 Å². The minimum Gasteiger partial charge on any atom is -0.469 e. The fourth-order valence-corrected chi connectivity index (χ4v) is 1.52. The number of methoxy groups -OCH3 is 1. The lowest BCUT2D eigenvalue weighted by Gasteiger charge is -2.11. The Morgan fingerprint density at radius 2 is 2.14 bits per heavy atom. The van der Waals surface area contributed by atoms with Crippen LogP contribution in [0.2, 0.25) is 0 Å². The number of rotatable bonds is 8. The van der Waals surface area contributed by atoms with Crippen molar-refractivity contribution in [1.82, 2.24) is 0 Å². The predicted octanol–water partition coefficient (Wildman–Crippen LogP) is 3.32. The summed E-state index contributed by atoms with van der Waals surface area (Å²) in [7, 11) is 1.45. The number of carbonyl (C=O) groups is 1. The molecule has 82 valence electrons. The lowest BCUT2D eigenvalue weighted by atomic mass is 9.98. The molecule has 0 spiro atoms. The first-order chi connectivity index (χ1) is 6.76. The maximum absolute atomic E-state index is 11.3. The molecule has 0 heterocycles. The summed E-state index contributed by atoms with van der Waals surface area (Å²) in [5.74, 6) is -0.0734. The third-order valence-corrected chi connectivity index (χ3v) is 2.39. The first-order valence-electron chi connectivity index (χ1n) is 5.45. The molecule has 0 saturated carbocycles. The van der Waals surface area contributed by atoms with Gasteiger partial charge in [0.2, 0.25) is 0 Å². The number of carbonyl (C=O) groups excluding carboxylic acids is 1. The van der Waals surface area contributed by atoms with Crippen LogP contribution in [0.4, 0.5) is 0 Å². The zero-order valence-electron chi connectivity index (χ0n) is 9.42. The van der Waals surface area contributed by atoms with Gasteiger partial charge in [0.25, 0.3) is 0 Å². The van der Waals surface area contributed by atoms with Gasteiger partial charge in [0.05, 0.1) is 13.0 Å². The van der Waals surface area contributed by atoms with E-state index in [4.69, 9.17) is 4.74 Å². The van der Waals surface area contributed by atoms with Crippen LogP contribution in [0, 0.1) is 5.92 Å².